The molecule has 3 atom stereocenters. The van der Waals surface area contributed by atoms with E-state index in [9.17, 15) is 24.0 Å². The lowest BCUT2D eigenvalue weighted by Crippen LogP contribution is -2.51. The highest BCUT2D eigenvalue weighted by atomic mass is 16.5. The zero-order valence-corrected chi connectivity index (χ0v) is 28.7. The number of nitrogens with zero attached hydrogens (tertiary/aromatic N) is 3. The lowest BCUT2D eigenvalue weighted by Gasteiger charge is -2.25. The number of amides is 4. The van der Waals surface area contributed by atoms with Crippen LogP contribution in [0, 0.1) is 0 Å². The molecule has 0 saturated heterocycles. The van der Waals surface area contributed by atoms with Crippen LogP contribution in [0.3, 0.4) is 0 Å². The van der Waals surface area contributed by atoms with Crippen LogP contribution in [0.2, 0.25) is 0 Å². The molecule has 2 heterocycles. The molecule has 6 N–H and O–H groups in total. The van der Waals surface area contributed by atoms with Gasteiger partial charge in [-0.3, -0.25) is 24.0 Å². The molecule has 14 heteroatoms. The van der Waals surface area contributed by atoms with Crippen LogP contribution in [0.25, 0.3) is 11.0 Å². The highest BCUT2D eigenvalue weighted by Crippen LogP contribution is 2.26. The number of ether oxygens (including phenoxy) is 1. The van der Waals surface area contributed by atoms with Crippen molar-refractivity contribution in [3.05, 3.63) is 59.4 Å². The molecule has 0 radical (unpaired) electrons. The minimum Gasteiger partial charge on any atom is -0.469 e. The second kappa shape index (κ2) is 17.4. The van der Waals surface area contributed by atoms with Crippen LogP contribution in [-0.4, -0.2) is 94.7 Å². The van der Waals surface area contributed by atoms with Crippen molar-refractivity contribution in [2.24, 2.45) is 5.73 Å². The first-order valence-corrected chi connectivity index (χ1v) is 16.8. The van der Waals surface area contributed by atoms with Crippen molar-refractivity contribution in [3.63, 3.8) is 0 Å². The van der Waals surface area contributed by atoms with E-state index < -0.39 is 24.1 Å². The number of benzene rings is 2. The fourth-order valence-electron chi connectivity index (χ4n) is 5.81. The summed E-state index contributed by atoms with van der Waals surface area (Å²) >= 11 is 0. The van der Waals surface area contributed by atoms with Crippen LogP contribution < -0.4 is 21.7 Å². The average Bonchev–Trinajstić information content (AvgIpc) is 3.45. The molecule has 0 spiro atoms. The SMILES string of the molecule is CCC[C@@H](N)C(=O)N[C@@H](CCC)C(=O)NCCCN1Cc2cc(C(=O)N(C)Cc3nc4ccccc4[nH]3)ccc2N[C@H](CC(=O)OC)C1=O. The lowest BCUT2D eigenvalue weighted by atomic mass is 10.1. The Hall–Kier alpha value is -4.98. The minimum absolute atomic E-state index is 0.179. The number of rotatable bonds is 16. The van der Waals surface area contributed by atoms with E-state index in [1.54, 1.807) is 35.0 Å². The maximum atomic E-state index is 13.7. The Morgan fingerprint density at radius 1 is 1.10 bits per heavy atom. The number of aromatic amines is 1. The lowest BCUT2D eigenvalue weighted by molar-refractivity contribution is -0.144. The van der Waals surface area contributed by atoms with Gasteiger partial charge >= 0.3 is 5.97 Å². The van der Waals surface area contributed by atoms with E-state index in [2.05, 4.69) is 25.9 Å². The van der Waals surface area contributed by atoms with Gasteiger partial charge in [0.15, 0.2) is 0 Å². The summed E-state index contributed by atoms with van der Waals surface area (Å²) in [6.07, 6.45) is 2.68. The summed E-state index contributed by atoms with van der Waals surface area (Å²) in [5, 5.41) is 8.81. The predicted octanol–water partition coefficient (Wildman–Crippen LogP) is 2.44. The molecule has 3 aromatic rings. The maximum absolute atomic E-state index is 13.7. The van der Waals surface area contributed by atoms with E-state index in [4.69, 9.17) is 10.5 Å². The van der Waals surface area contributed by atoms with Crippen LogP contribution in [0.1, 0.15) is 74.1 Å². The van der Waals surface area contributed by atoms with Gasteiger partial charge in [-0.2, -0.15) is 0 Å². The predicted molar refractivity (Wildman–Crippen MR) is 185 cm³/mol. The molecule has 0 fully saturated rings. The Morgan fingerprint density at radius 2 is 1.86 bits per heavy atom. The summed E-state index contributed by atoms with van der Waals surface area (Å²) in [7, 11) is 2.97. The van der Waals surface area contributed by atoms with Gasteiger partial charge in [0.1, 0.15) is 17.9 Å². The molecule has 2 aromatic carbocycles. The minimum atomic E-state index is -0.878. The molecule has 264 valence electrons. The topological polar surface area (TPSA) is 192 Å². The molecular weight excluding hydrogens is 628 g/mol. The van der Waals surface area contributed by atoms with Crippen molar-refractivity contribution in [3.8, 4) is 0 Å². The smallest absolute Gasteiger partial charge is 0.308 e. The van der Waals surface area contributed by atoms with Crippen molar-refractivity contribution in [1.29, 1.82) is 0 Å². The van der Waals surface area contributed by atoms with Crippen LogP contribution >= 0.6 is 0 Å². The van der Waals surface area contributed by atoms with Gasteiger partial charge in [0.05, 0.1) is 37.2 Å². The van der Waals surface area contributed by atoms with Crippen molar-refractivity contribution in [2.45, 2.75) is 83.6 Å². The van der Waals surface area contributed by atoms with E-state index in [0.29, 0.717) is 48.3 Å². The fourth-order valence-corrected chi connectivity index (χ4v) is 5.81. The molecule has 1 aliphatic heterocycles. The maximum Gasteiger partial charge on any atom is 0.308 e. The van der Waals surface area contributed by atoms with Gasteiger partial charge in [-0.15, -0.1) is 0 Å². The van der Waals surface area contributed by atoms with Crippen molar-refractivity contribution < 1.29 is 28.7 Å². The van der Waals surface area contributed by atoms with Gasteiger partial charge in [-0.05, 0) is 55.2 Å². The summed E-state index contributed by atoms with van der Waals surface area (Å²) in [5.74, 6) is -1.07. The Balaban J connectivity index is 1.43. The van der Waals surface area contributed by atoms with Crippen LogP contribution in [0.4, 0.5) is 5.69 Å². The first kappa shape index (κ1) is 36.8. The number of hydrogen-bond acceptors (Lipinski definition) is 9. The van der Waals surface area contributed by atoms with E-state index >= 15 is 0 Å². The quantitative estimate of drug-likeness (QED) is 0.112. The van der Waals surface area contributed by atoms with Crippen molar-refractivity contribution in [2.75, 3.05) is 32.6 Å². The van der Waals surface area contributed by atoms with Crippen molar-refractivity contribution in [1.82, 2.24) is 30.4 Å². The Labute approximate surface area is 286 Å². The zero-order valence-electron chi connectivity index (χ0n) is 28.7. The number of imidazole rings is 1. The Bertz CT molecular complexity index is 1610. The monoisotopic (exact) mass is 676 g/mol. The summed E-state index contributed by atoms with van der Waals surface area (Å²) < 4.78 is 4.84. The molecular formula is C35H48N8O6. The van der Waals surface area contributed by atoms with Crippen LogP contribution in [-0.2, 0) is 37.0 Å². The largest absolute Gasteiger partial charge is 0.469 e. The highest BCUT2D eigenvalue weighted by molar-refractivity contribution is 5.96. The second-order valence-corrected chi connectivity index (χ2v) is 12.4. The van der Waals surface area contributed by atoms with E-state index in [0.717, 1.165) is 17.5 Å². The van der Waals surface area contributed by atoms with Gasteiger partial charge in [-0.25, -0.2) is 4.98 Å². The molecule has 1 aromatic heterocycles. The number of para-hydroxylation sites is 2. The highest BCUT2D eigenvalue weighted by Gasteiger charge is 2.32. The molecule has 0 saturated carbocycles. The molecule has 4 rings (SSSR count). The number of hydrogen-bond donors (Lipinski definition) is 5. The van der Waals surface area contributed by atoms with Gasteiger partial charge < -0.3 is 41.2 Å². The molecule has 0 bridgehead atoms. The number of anilines is 1. The number of nitrogens with two attached hydrogens (primary N) is 1. The van der Waals surface area contributed by atoms with E-state index in [-0.39, 0.29) is 56.2 Å². The Kier molecular flexibility index (Phi) is 13.1. The molecule has 14 nitrogen and oxygen atoms in total. The van der Waals surface area contributed by atoms with Gasteiger partial charge in [0.25, 0.3) is 5.91 Å². The number of aromatic nitrogens is 2. The molecule has 1 aliphatic rings. The number of nitrogens with one attached hydrogen (secondary N) is 4. The third kappa shape index (κ3) is 9.78. The number of fused-ring (bicyclic) bond motifs is 2. The first-order valence-electron chi connectivity index (χ1n) is 16.8. The van der Waals surface area contributed by atoms with E-state index in [1.165, 1.54) is 7.11 Å². The summed E-state index contributed by atoms with van der Waals surface area (Å²) in [6.45, 7) is 4.85. The number of esters is 1. The summed E-state index contributed by atoms with van der Waals surface area (Å²) in [4.78, 5) is 75.8. The number of carbonyl (C=O) groups is 5. The average molecular weight is 677 g/mol. The van der Waals surface area contributed by atoms with Crippen molar-refractivity contribution >= 4 is 46.3 Å². The zero-order chi connectivity index (χ0) is 35.5. The summed E-state index contributed by atoms with van der Waals surface area (Å²) in [5.41, 5.74) is 9.42. The molecule has 4 amide bonds. The molecule has 0 aliphatic carbocycles. The van der Waals surface area contributed by atoms with Gasteiger partial charge in [-0.1, -0.05) is 38.8 Å². The normalized spacial score (nSPS) is 15.4. The standard InChI is InChI=1S/C35H48N8O6/c1-5-10-24(36)32(45)41-28(11-6-2)33(46)37-16-9-17-43-20-23-18-22(14-15-25(23)38-29(35(43)48)19-31(44)49-4)34(47)42(3)21-30-39-26-12-7-8-13-27(26)40-30/h7-8,12-15,18,24,28-29,38H,5-6,9-11,16-17,19-21,36H2,1-4H3,(H,37,46)(H,39,40)(H,41,45)/t24-,28+,29-/m1/s1. The van der Waals surface area contributed by atoms with Gasteiger partial charge in [0.2, 0.25) is 17.7 Å². The fraction of sp³-hybridized carbons (Fsp3) is 0.486. The first-order chi connectivity index (χ1) is 23.5. The third-order valence-electron chi connectivity index (χ3n) is 8.47. The number of H-pyrrole nitrogens is 1. The van der Waals surface area contributed by atoms with Crippen LogP contribution in [0.5, 0.6) is 0 Å². The number of methoxy groups -OCH3 is 1. The second-order valence-electron chi connectivity index (χ2n) is 12.4. The Morgan fingerprint density at radius 3 is 2.57 bits per heavy atom. The van der Waals surface area contributed by atoms with Crippen LogP contribution in [0.15, 0.2) is 42.5 Å². The van der Waals surface area contributed by atoms with E-state index in [1.807, 2.05) is 38.1 Å². The summed E-state index contributed by atoms with van der Waals surface area (Å²) in [6, 6.07) is 10.6. The third-order valence-corrected chi connectivity index (χ3v) is 8.47. The molecule has 0 unspecified atom stereocenters. The number of carbonyl (C=O) groups excluding carboxylic acids is 5. The van der Waals surface area contributed by atoms with Gasteiger partial charge in [0, 0.05) is 37.9 Å². The molecule has 49 heavy (non-hydrogen) atoms.